The number of benzene rings is 2. The molecule has 2 aromatic carbocycles. The topological polar surface area (TPSA) is 51.2 Å². The summed E-state index contributed by atoms with van der Waals surface area (Å²) < 4.78 is 5.09. The summed E-state index contributed by atoms with van der Waals surface area (Å²) in [6, 6.07) is 15.8. The van der Waals surface area contributed by atoms with Gasteiger partial charge in [0.05, 0.1) is 12.3 Å². The number of anilines is 1. The quantitative estimate of drug-likeness (QED) is 0.707. The number of thiazole rings is 1. The summed E-state index contributed by atoms with van der Waals surface area (Å²) in [5.74, 6) is -0.139. The molecule has 0 aliphatic carbocycles. The molecule has 1 N–H and O–H groups in total. The maximum atomic E-state index is 12.3. The van der Waals surface area contributed by atoms with Crippen molar-refractivity contribution >= 4 is 22.4 Å². The molecule has 0 aliphatic heterocycles. The fourth-order valence-corrected chi connectivity index (χ4v) is 3.20. The van der Waals surface area contributed by atoms with Gasteiger partial charge in [0.15, 0.2) is 5.13 Å². The van der Waals surface area contributed by atoms with E-state index in [0.717, 1.165) is 23.2 Å². The third-order valence-electron chi connectivity index (χ3n) is 3.85. The number of carbonyl (C=O) groups excluding carboxylic acids is 1. The second-order valence-electron chi connectivity index (χ2n) is 5.80. The molecule has 0 aliphatic rings. The SMILES string of the molecule is COCCc1ccc(-c2csc(NC(=O)c3cccc(C)c3)n2)cc1. The van der Waals surface area contributed by atoms with Crippen LogP contribution < -0.4 is 5.32 Å². The van der Waals surface area contributed by atoms with Crippen LogP contribution in [0, 0.1) is 6.92 Å². The Morgan fingerprint density at radius 1 is 1.20 bits per heavy atom. The molecule has 1 amide bonds. The van der Waals surface area contributed by atoms with Gasteiger partial charge in [-0.1, -0.05) is 42.0 Å². The predicted molar refractivity (Wildman–Crippen MR) is 102 cm³/mol. The first-order chi connectivity index (χ1) is 12.2. The lowest BCUT2D eigenvalue weighted by Crippen LogP contribution is -2.11. The lowest BCUT2D eigenvalue weighted by atomic mass is 10.1. The van der Waals surface area contributed by atoms with E-state index in [4.69, 9.17) is 4.74 Å². The monoisotopic (exact) mass is 352 g/mol. The van der Waals surface area contributed by atoms with Crippen LogP contribution in [0.5, 0.6) is 0 Å². The first kappa shape index (κ1) is 17.3. The van der Waals surface area contributed by atoms with Gasteiger partial charge < -0.3 is 4.74 Å². The molecule has 25 heavy (non-hydrogen) atoms. The lowest BCUT2D eigenvalue weighted by molar-refractivity contribution is 0.102. The van der Waals surface area contributed by atoms with Crippen molar-refractivity contribution < 1.29 is 9.53 Å². The molecule has 0 saturated carbocycles. The van der Waals surface area contributed by atoms with Gasteiger partial charge in [0.2, 0.25) is 0 Å². The summed E-state index contributed by atoms with van der Waals surface area (Å²) in [6.45, 7) is 2.68. The Kier molecular flexibility index (Phi) is 5.58. The van der Waals surface area contributed by atoms with E-state index < -0.39 is 0 Å². The molecule has 1 aromatic heterocycles. The Morgan fingerprint density at radius 3 is 2.72 bits per heavy atom. The number of rotatable bonds is 6. The maximum Gasteiger partial charge on any atom is 0.257 e. The summed E-state index contributed by atoms with van der Waals surface area (Å²) in [4.78, 5) is 16.8. The molecule has 0 spiro atoms. The zero-order chi connectivity index (χ0) is 17.6. The summed E-state index contributed by atoms with van der Waals surface area (Å²) in [6.07, 6.45) is 0.894. The highest BCUT2D eigenvalue weighted by Crippen LogP contribution is 2.25. The number of ether oxygens (including phenoxy) is 1. The fraction of sp³-hybridized carbons (Fsp3) is 0.200. The molecule has 3 rings (SSSR count). The van der Waals surface area contributed by atoms with Crippen molar-refractivity contribution in [3.8, 4) is 11.3 Å². The first-order valence-corrected chi connectivity index (χ1v) is 8.95. The Hall–Kier alpha value is -2.50. The van der Waals surface area contributed by atoms with E-state index in [2.05, 4.69) is 22.4 Å². The van der Waals surface area contributed by atoms with E-state index in [9.17, 15) is 4.79 Å². The summed E-state index contributed by atoms with van der Waals surface area (Å²) in [7, 11) is 1.70. The number of aryl methyl sites for hydroxylation is 1. The van der Waals surface area contributed by atoms with Gasteiger partial charge in [0.1, 0.15) is 0 Å². The molecular formula is C20H20N2O2S. The molecule has 0 bridgehead atoms. The van der Waals surface area contributed by atoms with Crippen LogP contribution in [-0.2, 0) is 11.2 Å². The van der Waals surface area contributed by atoms with E-state index in [1.54, 1.807) is 13.2 Å². The highest BCUT2D eigenvalue weighted by Gasteiger charge is 2.10. The molecule has 0 radical (unpaired) electrons. The normalized spacial score (nSPS) is 10.6. The molecule has 4 nitrogen and oxygen atoms in total. The molecule has 0 atom stereocenters. The Morgan fingerprint density at radius 2 is 2.00 bits per heavy atom. The third-order valence-corrected chi connectivity index (χ3v) is 4.61. The molecule has 3 aromatic rings. The van der Waals surface area contributed by atoms with Crippen LogP contribution >= 0.6 is 11.3 Å². The van der Waals surface area contributed by atoms with Crippen molar-refractivity contribution in [1.82, 2.24) is 4.98 Å². The number of nitrogens with zero attached hydrogens (tertiary/aromatic N) is 1. The number of methoxy groups -OCH3 is 1. The minimum Gasteiger partial charge on any atom is -0.384 e. The number of hydrogen-bond acceptors (Lipinski definition) is 4. The number of hydrogen-bond donors (Lipinski definition) is 1. The molecule has 0 fully saturated rings. The highest BCUT2D eigenvalue weighted by molar-refractivity contribution is 7.14. The average molecular weight is 352 g/mol. The minimum absolute atomic E-state index is 0.139. The van der Waals surface area contributed by atoms with Crippen molar-refractivity contribution in [2.45, 2.75) is 13.3 Å². The Balaban J connectivity index is 1.68. The standard InChI is InChI=1S/C20H20N2O2S/c1-14-4-3-5-17(12-14)19(23)22-20-21-18(13-25-20)16-8-6-15(7-9-16)10-11-24-2/h3-9,12-13H,10-11H2,1-2H3,(H,21,22,23). The van der Waals surface area contributed by atoms with Gasteiger partial charge in [-0.3, -0.25) is 10.1 Å². The third kappa shape index (κ3) is 4.53. The van der Waals surface area contributed by atoms with Crippen LogP contribution in [0.3, 0.4) is 0 Å². The van der Waals surface area contributed by atoms with Crippen molar-refractivity contribution in [2.75, 3.05) is 19.0 Å². The van der Waals surface area contributed by atoms with Crippen LogP contribution in [-0.4, -0.2) is 24.6 Å². The van der Waals surface area contributed by atoms with Crippen LogP contribution in [0.2, 0.25) is 0 Å². The van der Waals surface area contributed by atoms with Crippen LogP contribution in [0.1, 0.15) is 21.5 Å². The molecular weight excluding hydrogens is 332 g/mol. The fourth-order valence-electron chi connectivity index (χ4n) is 2.48. The van der Waals surface area contributed by atoms with Crippen molar-refractivity contribution in [3.05, 3.63) is 70.6 Å². The average Bonchev–Trinajstić information content (AvgIpc) is 3.09. The minimum atomic E-state index is -0.139. The number of amides is 1. The second-order valence-corrected chi connectivity index (χ2v) is 6.66. The van der Waals surface area contributed by atoms with E-state index >= 15 is 0 Å². The van der Waals surface area contributed by atoms with Gasteiger partial charge in [-0.25, -0.2) is 4.98 Å². The van der Waals surface area contributed by atoms with Crippen LogP contribution in [0.4, 0.5) is 5.13 Å². The Labute approximate surface area is 151 Å². The van der Waals surface area contributed by atoms with E-state index in [1.807, 2.05) is 42.6 Å². The van der Waals surface area contributed by atoms with Crippen molar-refractivity contribution in [2.24, 2.45) is 0 Å². The van der Waals surface area contributed by atoms with Gasteiger partial charge in [0, 0.05) is 23.6 Å². The zero-order valence-electron chi connectivity index (χ0n) is 14.3. The summed E-state index contributed by atoms with van der Waals surface area (Å²) in [5, 5.41) is 5.42. The number of nitrogens with one attached hydrogen (secondary N) is 1. The van der Waals surface area contributed by atoms with Gasteiger partial charge in [-0.2, -0.15) is 0 Å². The molecule has 0 unspecified atom stereocenters. The Bertz CT molecular complexity index is 856. The van der Waals surface area contributed by atoms with E-state index in [-0.39, 0.29) is 5.91 Å². The van der Waals surface area contributed by atoms with E-state index in [0.29, 0.717) is 17.3 Å². The van der Waals surface area contributed by atoms with Crippen LogP contribution in [0.25, 0.3) is 11.3 Å². The van der Waals surface area contributed by atoms with E-state index in [1.165, 1.54) is 16.9 Å². The second kappa shape index (κ2) is 8.05. The molecule has 128 valence electrons. The molecule has 1 heterocycles. The smallest absolute Gasteiger partial charge is 0.257 e. The molecule has 5 heteroatoms. The zero-order valence-corrected chi connectivity index (χ0v) is 15.1. The summed E-state index contributed by atoms with van der Waals surface area (Å²) in [5.41, 5.74) is 4.82. The van der Waals surface area contributed by atoms with Gasteiger partial charge in [-0.05, 0) is 31.0 Å². The predicted octanol–water partition coefficient (Wildman–Crippen LogP) is 4.56. The number of carbonyl (C=O) groups is 1. The lowest BCUT2D eigenvalue weighted by Gasteiger charge is -2.03. The molecule has 0 saturated heterocycles. The largest absolute Gasteiger partial charge is 0.384 e. The van der Waals surface area contributed by atoms with Gasteiger partial charge >= 0.3 is 0 Å². The van der Waals surface area contributed by atoms with Crippen LogP contribution in [0.15, 0.2) is 53.9 Å². The first-order valence-electron chi connectivity index (χ1n) is 8.07. The highest BCUT2D eigenvalue weighted by atomic mass is 32.1. The summed E-state index contributed by atoms with van der Waals surface area (Å²) >= 11 is 1.43. The van der Waals surface area contributed by atoms with Crippen molar-refractivity contribution in [3.63, 3.8) is 0 Å². The number of aromatic nitrogens is 1. The van der Waals surface area contributed by atoms with Gasteiger partial charge in [0.25, 0.3) is 5.91 Å². The van der Waals surface area contributed by atoms with Crippen molar-refractivity contribution in [1.29, 1.82) is 0 Å². The maximum absolute atomic E-state index is 12.3. The van der Waals surface area contributed by atoms with Gasteiger partial charge in [-0.15, -0.1) is 11.3 Å².